The third-order valence-corrected chi connectivity index (χ3v) is 3.47. The van der Waals surface area contributed by atoms with Gasteiger partial charge in [-0.25, -0.2) is 4.39 Å². The normalized spacial score (nSPS) is 11.6. The van der Waals surface area contributed by atoms with Gasteiger partial charge in [0.15, 0.2) is 0 Å². The standard InChI is InChI=1S/C16H14F4N2O3/c1-25-7-8-2-3-9-10(14(8)16(18,19)20)4-5-11(17)13(9)15(24)22-6-12(21)23/h2-5H,6-7H2,1H3,(H2,21,23)(H,22,24). The van der Waals surface area contributed by atoms with Crippen LogP contribution in [0.2, 0.25) is 0 Å². The fourth-order valence-electron chi connectivity index (χ4n) is 2.52. The number of hydrogen-bond acceptors (Lipinski definition) is 3. The first-order chi connectivity index (χ1) is 11.7. The van der Waals surface area contributed by atoms with E-state index in [0.717, 1.165) is 18.2 Å². The average molecular weight is 358 g/mol. The van der Waals surface area contributed by atoms with Crippen LogP contribution in [0.15, 0.2) is 24.3 Å². The second kappa shape index (κ2) is 7.06. The van der Waals surface area contributed by atoms with Crippen LogP contribution in [0, 0.1) is 5.82 Å². The molecule has 0 unspecified atom stereocenters. The molecule has 0 spiro atoms. The predicted molar refractivity (Wildman–Crippen MR) is 81.1 cm³/mol. The van der Waals surface area contributed by atoms with Crippen LogP contribution in [-0.2, 0) is 22.3 Å². The Labute approximate surface area is 139 Å². The van der Waals surface area contributed by atoms with Crippen molar-refractivity contribution < 1.29 is 31.9 Å². The Morgan fingerprint density at radius 2 is 1.80 bits per heavy atom. The van der Waals surface area contributed by atoms with Crippen LogP contribution in [0.4, 0.5) is 17.6 Å². The van der Waals surface area contributed by atoms with Crippen molar-refractivity contribution >= 4 is 22.6 Å². The number of carbonyl (C=O) groups is 2. The summed E-state index contributed by atoms with van der Waals surface area (Å²) < 4.78 is 59.3. The number of alkyl halides is 3. The van der Waals surface area contributed by atoms with E-state index in [-0.39, 0.29) is 22.9 Å². The summed E-state index contributed by atoms with van der Waals surface area (Å²) in [5, 5.41) is 1.50. The smallest absolute Gasteiger partial charge is 0.380 e. The molecular formula is C16H14F4N2O3. The molecule has 0 radical (unpaired) electrons. The maximum absolute atomic E-state index is 14.1. The van der Waals surface area contributed by atoms with Gasteiger partial charge in [0, 0.05) is 7.11 Å². The van der Waals surface area contributed by atoms with Gasteiger partial charge >= 0.3 is 6.18 Å². The number of amides is 2. The fourth-order valence-corrected chi connectivity index (χ4v) is 2.52. The quantitative estimate of drug-likeness (QED) is 0.805. The monoisotopic (exact) mass is 358 g/mol. The van der Waals surface area contributed by atoms with Crippen LogP contribution >= 0.6 is 0 Å². The Kier molecular flexibility index (Phi) is 5.27. The van der Waals surface area contributed by atoms with E-state index in [0.29, 0.717) is 0 Å². The summed E-state index contributed by atoms with van der Waals surface area (Å²) in [4.78, 5) is 22.8. The van der Waals surface area contributed by atoms with E-state index in [1.807, 2.05) is 0 Å². The highest BCUT2D eigenvalue weighted by atomic mass is 19.4. The topological polar surface area (TPSA) is 81.4 Å². The minimum atomic E-state index is -4.73. The molecule has 0 aliphatic rings. The molecule has 2 aromatic carbocycles. The summed E-state index contributed by atoms with van der Waals surface area (Å²) in [5.41, 5.74) is 3.16. The first-order valence-corrected chi connectivity index (χ1v) is 7.03. The van der Waals surface area contributed by atoms with Gasteiger partial charge in [-0.05, 0) is 22.4 Å². The van der Waals surface area contributed by atoms with Crippen molar-refractivity contribution in [2.45, 2.75) is 12.8 Å². The molecule has 2 rings (SSSR count). The van der Waals surface area contributed by atoms with Gasteiger partial charge in [-0.15, -0.1) is 0 Å². The zero-order valence-electron chi connectivity index (χ0n) is 13.0. The SMILES string of the molecule is COCc1ccc2c(C(=O)NCC(N)=O)c(F)ccc2c1C(F)(F)F. The number of fused-ring (bicyclic) bond motifs is 1. The van der Waals surface area contributed by atoms with E-state index >= 15 is 0 Å². The highest BCUT2D eigenvalue weighted by Gasteiger charge is 2.36. The van der Waals surface area contributed by atoms with Crippen molar-refractivity contribution in [2.75, 3.05) is 13.7 Å². The summed E-state index contributed by atoms with van der Waals surface area (Å²) in [6.45, 7) is -0.867. The van der Waals surface area contributed by atoms with Crippen molar-refractivity contribution in [3.63, 3.8) is 0 Å². The molecule has 3 N–H and O–H groups in total. The van der Waals surface area contributed by atoms with Crippen LogP contribution in [0.3, 0.4) is 0 Å². The Bertz CT molecular complexity index is 834. The zero-order chi connectivity index (χ0) is 18.8. The summed E-state index contributed by atoms with van der Waals surface area (Å²) in [7, 11) is 1.25. The second-order valence-electron chi connectivity index (χ2n) is 5.20. The van der Waals surface area contributed by atoms with Crippen molar-refractivity contribution in [3.8, 4) is 0 Å². The Morgan fingerprint density at radius 3 is 2.36 bits per heavy atom. The summed E-state index contributed by atoms with van der Waals surface area (Å²) >= 11 is 0. The average Bonchev–Trinajstić information content (AvgIpc) is 2.51. The van der Waals surface area contributed by atoms with Gasteiger partial charge in [-0.2, -0.15) is 13.2 Å². The molecule has 0 heterocycles. The molecule has 0 fully saturated rings. The lowest BCUT2D eigenvalue weighted by Crippen LogP contribution is -2.33. The maximum atomic E-state index is 14.1. The van der Waals surface area contributed by atoms with Gasteiger partial charge in [0.1, 0.15) is 5.82 Å². The van der Waals surface area contributed by atoms with E-state index in [1.54, 1.807) is 0 Å². The molecule has 0 aliphatic carbocycles. The summed E-state index contributed by atoms with van der Waals surface area (Å²) in [5.74, 6) is -2.91. The number of rotatable bonds is 5. The molecule has 5 nitrogen and oxygen atoms in total. The molecule has 9 heteroatoms. The van der Waals surface area contributed by atoms with Crippen LogP contribution in [0.1, 0.15) is 21.5 Å². The number of nitrogens with one attached hydrogen (secondary N) is 1. The van der Waals surface area contributed by atoms with Crippen molar-refractivity contribution in [2.24, 2.45) is 5.73 Å². The van der Waals surface area contributed by atoms with Gasteiger partial charge in [0.05, 0.1) is 24.3 Å². The maximum Gasteiger partial charge on any atom is 0.417 e. The lowest BCUT2D eigenvalue weighted by atomic mass is 9.95. The molecule has 134 valence electrons. The van der Waals surface area contributed by atoms with E-state index in [4.69, 9.17) is 10.5 Å². The molecule has 0 aliphatic heterocycles. The summed E-state index contributed by atoms with van der Waals surface area (Å²) in [6.07, 6.45) is -4.73. The molecule has 2 aromatic rings. The van der Waals surface area contributed by atoms with E-state index < -0.39 is 41.5 Å². The molecule has 0 bridgehead atoms. The second-order valence-corrected chi connectivity index (χ2v) is 5.20. The minimum Gasteiger partial charge on any atom is -0.380 e. The van der Waals surface area contributed by atoms with E-state index in [9.17, 15) is 27.2 Å². The molecule has 0 atom stereocenters. The fraction of sp³-hybridized carbons (Fsp3) is 0.250. The first-order valence-electron chi connectivity index (χ1n) is 7.03. The van der Waals surface area contributed by atoms with Crippen LogP contribution in [0.25, 0.3) is 10.8 Å². The number of halogens is 4. The van der Waals surface area contributed by atoms with E-state index in [2.05, 4.69) is 5.32 Å². The van der Waals surface area contributed by atoms with Crippen molar-refractivity contribution in [1.29, 1.82) is 0 Å². The lowest BCUT2D eigenvalue weighted by Gasteiger charge is -2.17. The lowest BCUT2D eigenvalue weighted by molar-refractivity contribution is -0.137. The Balaban J connectivity index is 2.71. The molecular weight excluding hydrogens is 344 g/mol. The number of benzene rings is 2. The van der Waals surface area contributed by atoms with Crippen LogP contribution < -0.4 is 11.1 Å². The number of carbonyl (C=O) groups excluding carboxylic acids is 2. The molecule has 0 aromatic heterocycles. The molecule has 0 saturated carbocycles. The first kappa shape index (κ1) is 18.7. The zero-order valence-corrected chi connectivity index (χ0v) is 13.0. The van der Waals surface area contributed by atoms with Gasteiger partial charge in [0.25, 0.3) is 5.91 Å². The Hall–Kier alpha value is -2.68. The third-order valence-electron chi connectivity index (χ3n) is 3.47. The van der Waals surface area contributed by atoms with Crippen LogP contribution in [-0.4, -0.2) is 25.5 Å². The number of nitrogens with two attached hydrogens (primary N) is 1. The largest absolute Gasteiger partial charge is 0.417 e. The molecule has 2 amide bonds. The van der Waals surface area contributed by atoms with Gasteiger partial charge in [0.2, 0.25) is 5.91 Å². The minimum absolute atomic E-state index is 0.141. The van der Waals surface area contributed by atoms with Gasteiger partial charge in [-0.3, -0.25) is 9.59 Å². The Morgan fingerprint density at radius 1 is 1.16 bits per heavy atom. The number of methoxy groups -OCH3 is 1. The number of primary amides is 1. The van der Waals surface area contributed by atoms with Gasteiger partial charge < -0.3 is 15.8 Å². The van der Waals surface area contributed by atoms with Crippen molar-refractivity contribution in [3.05, 3.63) is 46.8 Å². The third kappa shape index (κ3) is 3.87. The number of hydrogen-bond donors (Lipinski definition) is 2. The van der Waals surface area contributed by atoms with Gasteiger partial charge in [-0.1, -0.05) is 18.2 Å². The highest BCUT2D eigenvalue weighted by molar-refractivity contribution is 6.09. The summed E-state index contributed by atoms with van der Waals surface area (Å²) in [6, 6.07) is 4.06. The predicted octanol–water partition coefficient (Wildman–Crippen LogP) is 2.36. The molecule has 25 heavy (non-hydrogen) atoms. The molecule has 0 saturated heterocycles. The van der Waals surface area contributed by atoms with Crippen LogP contribution in [0.5, 0.6) is 0 Å². The van der Waals surface area contributed by atoms with E-state index in [1.165, 1.54) is 13.2 Å². The highest BCUT2D eigenvalue weighted by Crippen LogP contribution is 2.39. The number of ether oxygens (including phenoxy) is 1. The van der Waals surface area contributed by atoms with Crippen molar-refractivity contribution in [1.82, 2.24) is 5.32 Å².